The Balaban J connectivity index is 1.79. The minimum Gasteiger partial charge on any atom is -0.480 e. The van der Waals surface area contributed by atoms with Gasteiger partial charge in [-0.05, 0) is 25.5 Å². The van der Waals surface area contributed by atoms with Gasteiger partial charge in [0.2, 0.25) is 0 Å². The highest BCUT2D eigenvalue weighted by Gasteiger charge is 2.34. The fraction of sp³-hybridized carbons (Fsp3) is 0.538. The number of hydrogen-bond donors (Lipinski definition) is 2. The number of nitrogens with one attached hydrogen (secondary N) is 1. The van der Waals surface area contributed by atoms with Gasteiger partial charge in [0.25, 0.3) is 0 Å². The van der Waals surface area contributed by atoms with Gasteiger partial charge >= 0.3 is 12.0 Å². The van der Waals surface area contributed by atoms with Crippen LogP contribution in [0.1, 0.15) is 19.1 Å². The molecule has 0 spiro atoms. The summed E-state index contributed by atoms with van der Waals surface area (Å²) >= 11 is 1.45. The molecule has 110 valence electrons. The molecule has 0 aliphatic carbocycles. The maximum Gasteiger partial charge on any atom is 0.327 e. The number of nitrogens with zero attached hydrogens (tertiary/aromatic N) is 1. The van der Waals surface area contributed by atoms with E-state index in [-0.39, 0.29) is 12.1 Å². The van der Waals surface area contributed by atoms with E-state index in [1.54, 1.807) is 6.26 Å². The molecule has 1 aromatic rings. The van der Waals surface area contributed by atoms with Crippen LogP contribution in [0.15, 0.2) is 22.8 Å². The van der Waals surface area contributed by atoms with Gasteiger partial charge in [-0.2, -0.15) is 0 Å². The van der Waals surface area contributed by atoms with Gasteiger partial charge in [-0.1, -0.05) is 0 Å². The molecule has 2 rings (SSSR count). The first-order valence-corrected chi connectivity index (χ1v) is 7.63. The number of urea groups is 1. The van der Waals surface area contributed by atoms with Gasteiger partial charge in [-0.15, -0.1) is 11.8 Å². The molecule has 7 heteroatoms. The van der Waals surface area contributed by atoms with Crippen LogP contribution in [-0.2, 0) is 11.2 Å². The molecule has 2 heterocycles. The Kier molecular flexibility index (Phi) is 4.94. The molecule has 0 bridgehead atoms. The third-order valence-corrected chi connectivity index (χ3v) is 4.21. The molecule has 20 heavy (non-hydrogen) atoms. The van der Waals surface area contributed by atoms with E-state index >= 15 is 0 Å². The fourth-order valence-corrected chi connectivity index (χ4v) is 3.17. The number of amides is 2. The highest BCUT2D eigenvalue weighted by atomic mass is 32.2. The SMILES string of the molecule is CC(CCc1ccco1)NC(=O)N1CSCC1C(=O)O. The second-order valence-electron chi connectivity index (χ2n) is 4.79. The molecule has 0 saturated carbocycles. The third kappa shape index (κ3) is 3.69. The number of hydrogen-bond acceptors (Lipinski definition) is 4. The van der Waals surface area contributed by atoms with Crippen molar-refractivity contribution >= 4 is 23.8 Å². The molecule has 0 radical (unpaired) electrons. The second-order valence-corrected chi connectivity index (χ2v) is 5.79. The molecular formula is C13H18N2O4S. The summed E-state index contributed by atoms with van der Waals surface area (Å²) in [5.74, 6) is 0.802. The lowest BCUT2D eigenvalue weighted by Crippen LogP contribution is -2.49. The number of carbonyl (C=O) groups is 2. The van der Waals surface area contributed by atoms with Gasteiger partial charge in [-0.3, -0.25) is 0 Å². The Hall–Kier alpha value is -1.63. The molecule has 1 aromatic heterocycles. The van der Waals surface area contributed by atoms with Crippen LogP contribution >= 0.6 is 11.8 Å². The number of carbonyl (C=O) groups excluding carboxylic acids is 1. The van der Waals surface area contributed by atoms with Crippen LogP contribution in [0.3, 0.4) is 0 Å². The summed E-state index contributed by atoms with van der Waals surface area (Å²) in [6.45, 7) is 1.90. The molecule has 2 atom stereocenters. The Morgan fingerprint density at radius 3 is 3.10 bits per heavy atom. The highest BCUT2D eigenvalue weighted by molar-refractivity contribution is 7.99. The van der Waals surface area contributed by atoms with Crippen LogP contribution in [0.2, 0.25) is 0 Å². The summed E-state index contributed by atoms with van der Waals surface area (Å²) in [7, 11) is 0. The van der Waals surface area contributed by atoms with E-state index in [9.17, 15) is 9.59 Å². The van der Waals surface area contributed by atoms with Crippen LogP contribution < -0.4 is 5.32 Å². The Labute approximate surface area is 121 Å². The van der Waals surface area contributed by atoms with Crippen LogP contribution in [0.5, 0.6) is 0 Å². The zero-order valence-corrected chi connectivity index (χ0v) is 12.1. The van der Waals surface area contributed by atoms with E-state index < -0.39 is 12.0 Å². The molecule has 1 fully saturated rings. The monoisotopic (exact) mass is 298 g/mol. The van der Waals surface area contributed by atoms with E-state index in [1.165, 1.54) is 16.7 Å². The van der Waals surface area contributed by atoms with Crippen LogP contribution in [0, 0.1) is 0 Å². The predicted molar refractivity (Wildman–Crippen MR) is 75.6 cm³/mol. The van der Waals surface area contributed by atoms with Crippen molar-refractivity contribution in [3.05, 3.63) is 24.2 Å². The van der Waals surface area contributed by atoms with Crippen molar-refractivity contribution in [1.82, 2.24) is 10.2 Å². The van der Waals surface area contributed by atoms with Crippen LogP contribution in [-0.4, -0.2) is 45.7 Å². The Bertz CT molecular complexity index is 463. The summed E-state index contributed by atoms with van der Waals surface area (Å²) in [4.78, 5) is 24.5. The predicted octanol–water partition coefficient (Wildman–Crippen LogP) is 1.77. The summed E-state index contributed by atoms with van der Waals surface area (Å²) < 4.78 is 5.23. The number of thioether (sulfide) groups is 1. The maximum atomic E-state index is 12.0. The first-order valence-electron chi connectivity index (χ1n) is 6.48. The van der Waals surface area contributed by atoms with Crippen molar-refractivity contribution in [2.45, 2.75) is 31.8 Å². The van der Waals surface area contributed by atoms with E-state index in [4.69, 9.17) is 9.52 Å². The van der Waals surface area contributed by atoms with Gasteiger partial charge in [0.15, 0.2) is 0 Å². The van der Waals surface area contributed by atoms with Crippen LogP contribution in [0.4, 0.5) is 4.79 Å². The normalized spacial score (nSPS) is 19.9. The summed E-state index contributed by atoms with van der Waals surface area (Å²) in [5.41, 5.74) is 0. The van der Waals surface area contributed by atoms with Gasteiger partial charge in [-0.25, -0.2) is 9.59 Å². The van der Waals surface area contributed by atoms with Crippen molar-refractivity contribution in [2.75, 3.05) is 11.6 Å². The smallest absolute Gasteiger partial charge is 0.327 e. The van der Waals surface area contributed by atoms with E-state index in [0.29, 0.717) is 11.6 Å². The fourth-order valence-electron chi connectivity index (χ4n) is 2.03. The quantitative estimate of drug-likeness (QED) is 0.865. The van der Waals surface area contributed by atoms with Crippen molar-refractivity contribution in [1.29, 1.82) is 0 Å². The van der Waals surface area contributed by atoms with E-state index in [0.717, 1.165) is 18.6 Å². The minimum absolute atomic E-state index is 0.0346. The Morgan fingerprint density at radius 2 is 2.45 bits per heavy atom. The molecule has 2 unspecified atom stereocenters. The lowest BCUT2D eigenvalue weighted by Gasteiger charge is -2.23. The summed E-state index contributed by atoms with van der Waals surface area (Å²) in [6.07, 6.45) is 3.11. The lowest BCUT2D eigenvalue weighted by molar-refractivity contribution is -0.140. The standard InChI is InChI=1S/C13H18N2O4S/c1-9(4-5-10-3-2-6-19-10)14-13(18)15-8-20-7-11(15)12(16)17/h2-3,6,9,11H,4-5,7-8H2,1H3,(H,14,18)(H,16,17). The minimum atomic E-state index is -0.951. The molecule has 1 aliphatic rings. The summed E-state index contributed by atoms with van der Waals surface area (Å²) in [5, 5.41) is 11.9. The largest absolute Gasteiger partial charge is 0.480 e. The van der Waals surface area contributed by atoms with Gasteiger partial charge < -0.3 is 19.7 Å². The maximum absolute atomic E-state index is 12.0. The zero-order chi connectivity index (χ0) is 14.5. The van der Waals surface area contributed by atoms with Gasteiger partial charge in [0.1, 0.15) is 11.8 Å². The van der Waals surface area contributed by atoms with Crippen molar-refractivity contribution in [3.63, 3.8) is 0 Å². The topological polar surface area (TPSA) is 82.8 Å². The molecular weight excluding hydrogens is 280 g/mol. The van der Waals surface area contributed by atoms with Crippen molar-refractivity contribution in [2.24, 2.45) is 0 Å². The Morgan fingerprint density at radius 1 is 1.65 bits per heavy atom. The average Bonchev–Trinajstić information content (AvgIpc) is 3.07. The number of carboxylic acids is 1. The van der Waals surface area contributed by atoms with Crippen molar-refractivity contribution in [3.8, 4) is 0 Å². The number of aliphatic carboxylic acids is 1. The van der Waals surface area contributed by atoms with Crippen molar-refractivity contribution < 1.29 is 19.1 Å². The summed E-state index contributed by atoms with van der Waals surface area (Å²) in [6, 6.07) is 2.66. The van der Waals surface area contributed by atoms with E-state index in [1.807, 2.05) is 19.1 Å². The van der Waals surface area contributed by atoms with Gasteiger partial charge in [0, 0.05) is 18.2 Å². The molecule has 1 saturated heterocycles. The number of carboxylic acid groups (broad SMARTS) is 1. The first-order chi connectivity index (χ1) is 9.58. The molecule has 6 nitrogen and oxygen atoms in total. The lowest BCUT2D eigenvalue weighted by atomic mass is 10.1. The number of aryl methyl sites for hydroxylation is 1. The van der Waals surface area contributed by atoms with Gasteiger partial charge in [0.05, 0.1) is 12.1 Å². The molecule has 2 amide bonds. The average molecular weight is 298 g/mol. The number of furan rings is 1. The molecule has 1 aliphatic heterocycles. The molecule has 0 aromatic carbocycles. The third-order valence-electron chi connectivity index (χ3n) is 3.20. The van der Waals surface area contributed by atoms with E-state index in [2.05, 4.69) is 5.32 Å². The van der Waals surface area contributed by atoms with Crippen LogP contribution in [0.25, 0.3) is 0 Å². The number of rotatable bonds is 5. The molecule has 2 N–H and O–H groups in total. The highest BCUT2D eigenvalue weighted by Crippen LogP contribution is 2.21. The zero-order valence-electron chi connectivity index (χ0n) is 11.2. The second kappa shape index (κ2) is 6.69. The first kappa shape index (κ1) is 14.8.